The van der Waals surface area contributed by atoms with Crippen LogP contribution in [0.2, 0.25) is 0 Å². The Morgan fingerprint density at radius 1 is 1.04 bits per heavy atom. The van der Waals surface area contributed by atoms with Gasteiger partial charge in [0.1, 0.15) is 0 Å². The molecular weight excluding hydrogens is 344 g/mol. The third-order valence-corrected chi connectivity index (χ3v) is 3.79. The van der Waals surface area contributed by atoms with Crippen LogP contribution in [0.3, 0.4) is 0 Å². The Morgan fingerprint density at radius 3 is 2.52 bits per heavy atom. The summed E-state index contributed by atoms with van der Waals surface area (Å²) in [5.74, 6) is -1.02. The van der Waals surface area contributed by atoms with Crippen molar-refractivity contribution in [3.63, 3.8) is 0 Å². The predicted molar refractivity (Wildman–Crippen MR) is 101 cm³/mol. The molecular formula is C19H18N6O2. The molecule has 2 aromatic carbocycles. The number of hydrogen-bond acceptors (Lipinski definition) is 6. The van der Waals surface area contributed by atoms with Crippen LogP contribution in [0, 0.1) is 0 Å². The number of carbonyl (C=O) groups is 2. The molecule has 0 aliphatic heterocycles. The molecule has 1 heterocycles. The summed E-state index contributed by atoms with van der Waals surface area (Å²) in [6, 6.07) is 16.1. The van der Waals surface area contributed by atoms with Crippen LogP contribution in [0.5, 0.6) is 0 Å². The Kier molecular flexibility index (Phi) is 5.38. The second-order valence-electron chi connectivity index (χ2n) is 5.64. The van der Waals surface area contributed by atoms with E-state index in [1.54, 1.807) is 24.3 Å². The van der Waals surface area contributed by atoms with Crippen molar-refractivity contribution in [1.29, 1.82) is 0 Å². The van der Waals surface area contributed by atoms with Gasteiger partial charge < -0.3 is 11.5 Å². The standard InChI is InChI=1S/C19H18N6O2/c20-10-15-17(18(21)26)23-16(11-22-15)12-5-4-6-13(9-12)19(27)25-24-14-7-2-1-3-8-14/h1-9,11,24H,10,20H2,(H2,21,26)(H,25,27). The molecule has 0 saturated carbocycles. The molecule has 0 unspecified atom stereocenters. The van der Waals surface area contributed by atoms with Crippen LogP contribution < -0.4 is 22.3 Å². The third kappa shape index (κ3) is 4.25. The lowest BCUT2D eigenvalue weighted by atomic mass is 10.1. The van der Waals surface area contributed by atoms with Crippen LogP contribution in [-0.2, 0) is 6.54 Å². The number of aromatic nitrogens is 2. The SMILES string of the molecule is NCc1ncc(-c2cccc(C(=O)NNc3ccccc3)c2)nc1C(N)=O. The summed E-state index contributed by atoms with van der Waals surface area (Å²) in [6.07, 6.45) is 1.49. The molecule has 3 aromatic rings. The average molecular weight is 362 g/mol. The molecule has 136 valence electrons. The summed E-state index contributed by atoms with van der Waals surface area (Å²) in [6.45, 7) is 0.0547. The Hall–Kier alpha value is -3.78. The summed E-state index contributed by atoms with van der Waals surface area (Å²) in [5.41, 5.74) is 18.9. The van der Waals surface area contributed by atoms with Gasteiger partial charge in [-0.2, -0.15) is 0 Å². The number of amides is 2. The van der Waals surface area contributed by atoms with Crippen LogP contribution in [0.1, 0.15) is 26.5 Å². The van der Waals surface area contributed by atoms with Gasteiger partial charge in [0.2, 0.25) is 0 Å². The maximum absolute atomic E-state index is 12.4. The van der Waals surface area contributed by atoms with Gasteiger partial charge in [0.25, 0.3) is 11.8 Å². The van der Waals surface area contributed by atoms with E-state index in [0.29, 0.717) is 22.5 Å². The van der Waals surface area contributed by atoms with E-state index in [1.165, 1.54) is 6.20 Å². The van der Waals surface area contributed by atoms with Gasteiger partial charge in [0.05, 0.1) is 23.3 Å². The molecule has 6 N–H and O–H groups in total. The van der Waals surface area contributed by atoms with Crippen molar-refractivity contribution < 1.29 is 9.59 Å². The fourth-order valence-corrected chi connectivity index (χ4v) is 2.44. The fraction of sp³-hybridized carbons (Fsp3) is 0.0526. The minimum Gasteiger partial charge on any atom is -0.364 e. The third-order valence-electron chi connectivity index (χ3n) is 3.79. The maximum atomic E-state index is 12.4. The molecule has 27 heavy (non-hydrogen) atoms. The number of anilines is 1. The monoisotopic (exact) mass is 362 g/mol. The molecule has 0 aliphatic carbocycles. The smallest absolute Gasteiger partial charge is 0.269 e. The van der Waals surface area contributed by atoms with Crippen molar-refractivity contribution in [2.75, 3.05) is 5.43 Å². The second-order valence-corrected chi connectivity index (χ2v) is 5.64. The van der Waals surface area contributed by atoms with Gasteiger partial charge >= 0.3 is 0 Å². The zero-order chi connectivity index (χ0) is 19.2. The number of rotatable bonds is 6. The summed E-state index contributed by atoms with van der Waals surface area (Å²) in [4.78, 5) is 32.3. The Labute approximate surface area is 155 Å². The van der Waals surface area contributed by atoms with E-state index in [-0.39, 0.29) is 18.1 Å². The van der Waals surface area contributed by atoms with Crippen molar-refractivity contribution in [1.82, 2.24) is 15.4 Å². The lowest BCUT2D eigenvalue weighted by Crippen LogP contribution is -2.29. The zero-order valence-electron chi connectivity index (χ0n) is 14.3. The molecule has 8 nitrogen and oxygen atoms in total. The molecule has 0 fully saturated rings. The first-order chi connectivity index (χ1) is 13.1. The highest BCUT2D eigenvalue weighted by Crippen LogP contribution is 2.19. The first-order valence-corrected chi connectivity index (χ1v) is 8.16. The number of nitrogens with one attached hydrogen (secondary N) is 2. The average Bonchev–Trinajstić information content (AvgIpc) is 2.72. The van der Waals surface area contributed by atoms with Crippen LogP contribution in [0.25, 0.3) is 11.3 Å². The Bertz CT molecular complexity index is 975. The molecule has 0 atom stereocenters. The van der Waals surface area contributed by atoms with Crippen molar-refractivity contribution in [3.8, 4) is 11.3 Å². The van der Waals surface area contributed by atoms with Crippen LogP contribution >= 0.6 is 0 Å². The minimum atomic E-state index is -0.703. The number of nitrogens with two attached hydrogens (primary N) is 2. The van der Waals surface area contributed by atoms with Gasteiger partial charge in [0, 0.05) is 17.7 Å². The van der Waals surface area contributed by atoms with Gasteiger partial charge in [-0.25, -0.2) is 4.98 Å². The first kappa shape index (κ1) is 18.0. The summed E-state index contributed by atoms with van der Waals surface area (Å²) in [5, 5.41) is 0. The van der Waals surface area contributed by atoms with Crippen molar-refractivity contribution >= 4 is 17.5 Å². The highest BCUT2D eigenvalue weighted by molar-refractivity contribution is 5.96. The fourth-order valence-electron chi connectivity index (χ4n) is 2.44. The van der Waals surface area contributed by atoms with Crippen LogP contribution in [0.15, 0.2) is 60.8 Å². The van der Waals surface area contributed by atoms with E-state index in [0.717, 1.165) is 5.69 Å². The van der Waals surface area contributed by atoms with E-state index in [1.807, 2.05) is 30.3 Å². The number of hydrogen-bond donors (Lipinski definition) is 4. The Balaban J connectivity index is 1.82. The van der Waals surface area contributed by atoms with Crippen molar-refractivity contribution in [3.05, 3.63) is 77.7 Å². The molecule has 1 aromatic heterocycles. The number of para-hydroxylation sites is 1. The largest absolute Gasteiger partial charge is 0.364 e. The highest BCUT2D eigenvalue weighted by Gasteiger charge is 2.14. The van der Waals surface area contributed by atoms with E-state index in [4.69, 9.17) is 11.5 Å². The van der Waals surface area contributed by atoms with E-state index < -0.39 is 5.91 Å². The van der Waals surface area contributed by atoms with Gasteiger partial charge in [0.15, 0.2) is 5.69 Å². The number of nitrogens with zero attached hydrogens (tertiary/aromatic N) is 2. The van der Waals surface area contributed by atoms with Crippen LogP contribution in [0.4, 0.5) is 5.69 Å². The van der Waals surface area contributed by atoms with Gasteiger partial charge in [-0.1, -0.05) is 30.3 Å². The van der Waals surface area contributed by atoms with E-state index in [2.05, 4.69) is 20.8 Å². The minimum absolute atomic E-state index is 0.0237. The van der Waals surface area contributed by atoms with E-state index >= 15 is 0 Å². The summed E-state index contributed by atoms with van der Waals surface area (Å²) in [7, 11) is 0. The molecule has 2 amide bonds. The number of benzene rings is 2. The lowest BCUT2D eigenvalue weighted by molar-refractivity contribution is 0.0960. The highest BCUT2D eigenvalue weighted by atomic mass is 16.2. The summed E-state index contributed by atoms with van der Waals surface area (Å²) >= 11 is 0. The number of primary amides is 1. The molecule has 0 spiro atoms. The molecule has 0 saturated heterocycles. The topological polar surface area (TPSA) is 136 Å². The van der Waals surface area contributed by atoms with Crippen LogP contribution in [-0.4, -0.2) is 21.8 Å². The lowest BCUT2D eigenvalue weighted by Gasteiger charge is -2.10. The van der Waals surface area contributed by atoms with Gasteiger partial charge in [-0.05, 0) is 24.3 Å². The number of hydrazine groups is 1. The molecule has 3 rings (SSSR count). The predicted octanol–water partition coefficient (Wildman–Crippen LogP) is 1.46. The van der Waals surface area contributed by atoms with Crippen molar-refractivity contribution in [2.24, 2.45) is 11.5 Å². The zero-order valence-corrected chi connectivity index (χ0v) is 14.3. The maximum Gasteiger partial charge on any atom is 0.269 e. The van der Waals surface area contributed by atoms with Gasteiger partial charge in [-0.15, -0.1) is 0 Å². The first-order valence-electron chi connectivity index (χ1n) is 8.16. The number of carbonyl (C=O) groups excluding carboxylic acids is 2. The molecule has 8 heteroatoms. The normalized spacial score (nSPS) is 10.3. The Morgan fingerprint density at radius 2 is 1.81 bits per heavy atom. The van der Waals surface area contributed by atoms with Gasteiger partial charge in [-0.3, -0.25) is 25.4 Å². The molecule has 0 bridgehead atoms. The quantitative estimate of drug-likeness (QED) is 0.490. The second kappa shape index (κ2) is 8.07. The molecule has 0 radical (unpaired) electrons. The molecule has 0 aliphatic rings. The van der Waals surface area contributed by atoms with E-state index in [9.17, 15) is 9.59 Å². The van der Waals surface area contributed by atoms with Crippen molar-refractivity contribution in [2.45, 2.75) is 6.54 Å². The summed E-state index contributed by atoms with van der Waals surface area (Å²) < 4.78 is 0.